The van der Waals surface area contributed by atoms with Gasteiger partial charge >= 0.3 is 0 Å². The smallest absolute Gasteiger partial charge is 0.112 e. The molecule has 1 aliphatic rings. The van der Waals surface area contributed by atoms with E-state index < -0.39 is 24.3 Å². The molecule has 4 radical (unpaired) electrons. The van der Waals surface area contributed by atoms with Gasteiger partial charge < -0.3 is 28.8 Å². The standard InChI is InChI=1S/C11H21BO4.C9H19BO2/c1-6(2)14-5-8-9(13)10(11(12)16-8)15-7(3)4;1-7(2)11-6-9(5-10)12-8(3)4/h6-11,13H,5H2,1-4H3;7-9H,5-6H2,1-4H3/t8-,9?,10+,11-;/m1./s1. The van der Waals surface area contributed by atoms with Gasteiger partial charge in [0, 0.05) is 6.00 Å². The molecular weight excluding hydrogens is 358 g/mol. The lowest BCUT2D eigenvalue weighted by molar-refractivity contribution is -0.0629. The molecule has 1 N–H and O–H groups in total. The fourth-order valence-electron chi connectivity index (χ4n) is 2.51. The van der Waals surface area contributed by atoms with Crippen LogP contribution < -0.4 is 0 Å². The van der Waals surface area contributed by atoms with Gasteiger partial charge in [-0.2, -0.15) is 0 Å². The van der Waals surface area contributed by atoms with E-state index in [2.05, 4.69) is 0 Å². The highest BCUT2D eigenvalue weighted by atomic mass is 16.6. The van der Waals surface area contributed by atoms with Crippen LogP contribution in [-0.2, 0) is 23.7 Å². The fourth-order valence-corrected chi connectivity index (χ4v) is 2.51. The van der Waals surface area contributed by atoms with Crippen molar-refractivity contribution in [1.82, 2.24) is 0 Å². The van der Waals surface area contributed by atoms with E-state index in [-0.39, 0.29) is 30.5 Å². The van der Waals surface area contributed by atoms with Crippen LogP contribution in [0.3, 0.4) is 0 Å². The molecule has 1 rings (SSSR count). The molecule has 0 aromatic carbocycles. The third-order valence-electron chi connectivity index (χ3n) is 3.74. The zero-order chi connectivity index (χ0) is 21.9. The second-order valence-corrected chi connectivity index (χ2v) is 8.09. The van der Waals surface area contributed by atoms with E-state index in [1.807, 2.05) is 55.4 Å². The van der Waals surface area contributed by atoms with Crippen LogP contribution in [-0.4, -0.2) is 88.8 Å². The summed E-state index contributed by atoms with van der Waals surface area (Å²) < 4.78 is 27.2. The van der Waals surface area contributed by atoms with Crippen molar-refractivity contribution < 1.29 is 28.8 Å². The minimum absolute atomic E-state index is 0.0130. The molecule has 6 nitrogen and oxygen atoms in total. The molecule has 0 saturated carbocycles. The van der Waals surface area contributed by atoms with Gasteiger partial charge in [-0.1, -0.05) is 6.32 Å². The molecule has 0 aromatic heterocycles. The molecule has 2 unspecified atom stereocenters. The highest BCUT2D eigenvalue weighted by Gasteiger charge is 2.42. The SMILES string of the molecule is [B]CC(COC(C)C)OC(C)C.[B][C@@H]1O[C@H](COC(C)C)C(O)[C@@H]1OC(C)C. The first-order chi connectivity index (χ1) is 13.0. The third kappa shape index (κ3) is 12.5. The van der Waals surface area contributed by atoms with Crippen LogP contribution >= 0.6 is 0 Å². The molecular formula is C20H40B2O6. The van der Waals surface area contributed by atoms with Crippen molar-refractivity contribution in [1.29, 1.82) is 0 Å². The van der Waals surface area contributed by atoms with E-state index in [4.69, 9.17) is 39.4 Å². The Balaban J connectivity index is 0.000000546. The second kappa shape index (κ2) is 14.8. The van der Waals surface area contributed by atoms with Gasteiger partial charge in [0.2, 0.25) is 0 Å². The number of rotatable bonds is 11. The number of ether oxygens (including phenoxy) is 5. The topological polar surface area (TPSA) is 66.4 Å². The van der Waals surface area contributed by atoms with Gasteiger partial charge in [0.05, 0.1) is 51.6 Å². The summed E-state index contributed by atoms with van der Waals surface area (Å²) in [7, 11) is 11.3. The number of hydrogen-bond donors (Lipinski definition) is 1. The Morgan fingerprint density at radius 3 is 1.89 bits per heavy atom. The highest BCUT2D eigenvalue weighted by molar-refractivity contribution is 6.11. The fraction of sp³-hybridized carbons (Fsp3) is 1.00. The van der Waals surface area contributed by atoms with Gasteiger partial charge in [-0.15, -0.1) is 0 Å². The monoisotopic (exact) mass is 398 g/mol. The molecule has 1 heterocycles. The second-order valence-electron chi connectivity index (χ2n) is 8.09. The Bertz CT molecular complexity index is 382. The molecule has 8 heteroatoms. The molecule has 0 aliphatic carbocycles. The summed E-state index contributed by atoms with van der Waals surface area (Å²) in [4.78, 5) is 0. The van der Waals surface area contributed by atoms with Crippen molar-refractivity contribution in [2.45, 2.75) is 117 Å². The number of aliphatic hydroxyl groups excluding tert-OH is 1. The molecule has 1 aliphatic heterocycles. The molecule has 5 atom stereocenters. The van der Waals surface area contributed by atoms with Crippen molar-refractivity contribution >= 4 is 15.7 Å². The van der Waals surface area contributed by atoms with E-state index in [0.717, 1.165) is 0 Å². The zero-order valence-corrected chi connectivity index (χ0v) is 19.0. The predicted octanol–water partition coefficient (Wildman–Crippen LogP) is 2.25. The average molecular weight is 398 g/mol. The first-order valence-electron chi connectivity index (χ1n) is 10.3. The Morgan fingerprint density at radius 2 is 1.46 bits per heavy atom. The molecule has 28 heavy (non-hydrogen) atoms. The summed E-state index contributed by atoms with van der Waals surface area (Å²) >= 11 is 0. The quantitative estimate of drug-likeness (QED) is 0.539. The lowest BCUT2D eigenvalue weighted by atomic mass is 9.93. The Morgan fingerprint density at radius 1 is 0.893 bits per heavy atom. The van der Waals surface area contributed by atoms with Crippen molar-refractivity contribution in [2.75, 3.05) is 13.2 Å². The van der Waals surface area contributed by atoms with Crippen LogP contribution in [0.5, 0.6) is 0 Å². The van der Waals surface area contributed by atoms with E-state index in [9.17, 15) is 5.11 Å². The summed E-state index contributed by atoms with van der Waals surface area (Å²) in [6.45, 7) is 16.6. The molecule has 0 aromatic rings. The Hall–Kier alpha value is -0.110. The van der Waals surface area contributed by atoms with Crippen LogP contribution in [0.1, 0.15) is 55.4 Å². The van der Waals surface area contributed by atoms with Crippen LogP contribution in [0.15, 0.2) is 0 Å². The largest absolute Gasteiger partial charge is 0.388 e. The zero-order valence-electron chi connectivity index (χ0n) is 19.0. The lowest BCUT2D eigenvalue weighted by Gasteiger charge is -2.21. The first-order valence-corrected chi connectivity index (χ1v) is 10.3. The van der Waals surface area contributed by atoms with E-state index in [1.54, 1.807) is 0 Å². The molecule has 0 spiro atoms. The highest BCUT2D eigenvalue weighted by Crippen LogP contribution is 2.23. The van der Waals surface area contributed by atoms with E-state index in [0.29, 0.717) is 19.5 Å². The normalized spacial score (nSPS) is 26.2. The maximum Gasteiger partial charge on any atom is 0.112 e. The van der Waals surface area contributed by atoms with E-state index in [1.165, 1.54) is 0 Å². The average Bonchev–Trinajstić information content (AvgIpc) is 2.84. The van der Waals surface area contributed by atoms with Gasteiger partial charge in [-0.25, -0.2) is 0 Å². The maximum atomic E-state index is 9.97. The summed E-state index contributed by atoms with van der Waals surface area (Å²) in [6.07, 6.45) is -0.462. The lowest BCUT2D eigenvalue weighted by Crippen LogP contribution is -2.38. The maximum absolute atomic E-state index is 9.97. The summed E-state index contributed by atoms with van der Waals surface area (Å²) in [5.41, 5.74) is 0. The third-order valence-corrected chi connectivity index (χ3v) is 3.74. The van der Waals surface area contributed by atoms with E-state index >= 15 is 0 Å². The van der Waals surface area contributed by atoms with Gasteiger partial charge in [-0.3, -0.25) is 0 Å². The minimum Gasteiger partial charge on any atom is -0.388 e. The molecule has 0 amide bonds. The Labute approximate surface area is 174 Å². The van der Waals surface area contributed by atoms with Crippen LogP contribution in [0.2, 0.25) is 6.32 Å². The summed E-state index contributed by atoms with van der Waals surface area (Å²) in [6, 6.07) is -0.585. The molecule has 1 fully saturated rings. The van der Waals surface area contributed by atoms with Crippen LogP contribution in [0, 0.1) is 0 Å². The van der Waals surface area contributed by atoms with Gasteiger partial charge in [0.1, 0.15) is 26.2 Å². The number of hydrogen-bond acceptors (Lipinski definition) is 6. The van der Waals surface area contributed by atoms with Crippen LogP contribution in [0.25, 0.3) is 0 Å². The summed E-state index contributed by atoms with van der Waals surface area (Å²) in [5.74, 6) is 0. The van der Waals surface area contributed by atoms with Crippen molar-refractivity contribution in [3.8, 4) is 0 Å². The van der Waals surface area contributed by atoms with Gasteiger partial charge in [0.15, 0.2) is 0 Å². The van der Waals surface area contributed by atoms with Gasteiger partial charge in [-0.05, 0) is 55.4 Å². The Kier molecular flexibility index (Phi) is 14.7. The van der Waals surface area contributed by atoms with Crippen molar-refractivity contribution in [3.05, 3.63) is 0 Å². The predicted molar refractivity (Wildman–Crippen MR) is 113 cm³/mol. The van der Waals surface area contributed by atoms with Gasteiger partial charge in [0.25, 0.3) is 0 Å². The molecule has 1 saturated heterocycles. The van der Waals surface area contributed by atoms with Crippen molar-refractivity contribution in [3.63, 3.8) is 0 Å². The van der Waals surface area contributed by atoms with Crippen molar-refractivity contribution in [2.24, 2.45) is 0 Å². The molecule has 162 valence electrons. The summed E-state index contributed by atoms with van der Waals surface area (Å²) in [5, 5.41) is 9.97. The minimum atomic E-state index is -0.726. The van der Waals surface area contributed by atoms with Crippen LogP contribution in [0.4, 0.5) is 0 Å². The number of aliphatic hydroxyl groups is 1. The molecule has 0 bridgehead atoms. The first kappa shape index (κ1) is 27.9.